The Morgan fingerprint density at radius 1 is 0.952 bits per heavy atom. The lowest BCUT2D eigenvalue weighted by atomic mass is 9.98. The van der Waals surface area contributed by atoms with Crippen LogP contribution in [0.25, 0.3) is 0 Å². The van der Waals surface area contributed by atoms with Crippen LogP contribution in [0.15, 0.2) is 30.3 Å². The van der Waals surface area contributed by atoms with Crippen LogP contribution in [-0.2, 0) is 39.8 Å². The first-order valence-electron chi connectivity index (χ1n) is 15.5. The van der Waals surface area contributed by atoms with E-state index >= 15 is 0 Å². The third-order valence-corrected chi connectivity index (χ3v) is 8.10. The van der Waals surface area contributed by atoms with Crippen LogP contribution in [0.3, 0.4) is 0 Å². The fourth-order valence-corrected chi connectivity index (χ4v) is 6.00. The topological polar surface area (TPSA) is 124 Å². The first-order chi connectivity index (χ1) is 20.4. The summed E-state index contributed by atoms with van der Waals surface area (Å²) in [6, 6.07) is 7.63. The minimum absolute atomic E-state index is 0.175. The van der Waals surface area contributed by atoms with E-state index in [1.165, 1.54) is 11.9 Å². The second-order valence-electron chi connectivity index (χ2n) is 11.2. The summed E-state index contributed by atoms with van der Waals surface area (Å²) in [5.41, 5.74) is 1.09. The van der Waals surface area contributed by atoms with Gasteiger partial charge in [-0.3, -0.25) is 19.9 Å². The fourth-order valence-electron chi connectivity index (χ4n) is 6.00. The Kier molecular flexibility index (Phi) is 12.0. The molecule has 4 rings (SSSR count). The summed E-state index contributed by atoms with van der Waals surface area (Å²) in [5.74, 6) is -1.32. The van der Waals surface area contributed by atoms with Crippen molar-refractivity contribution in [3.8, 4) is 0 Å². The Bertz CT molecular complexity index is 1050. The van der Waals surface area contributed by atoms with Gasteiger partial charge in [-0.15, -0.1) is 0 Å². The lowest BCUT2D eigenvalue weighted by Gasteiger charge is -2.43. The van der Waals surface area contributed by atoms with Crippen LogP contribution in [0.2, 0.25) is 0 Å². The highest BCUT2D eigenvalue weighted by atomic mass is 16.8. The predicted molar refractivity (Wildman–Crippen MR) is 153 cm³/mol. The first kappa shape index (κ1) is 31.7. The predicted octanol–water partition coefficient (Wildman–Crippen LogP) is 3.89. The van der Waals surface area contributed by atoms with Gasteiger partial charge in [0, 0.05) is 20.0 Å². The molecule has 1 N–H and O–H groups in total. The molecule has 42 heavy (non-hydrogen) atoms. The van der Waals surface area contributed by atoms with Gasteiger partial charge in [0.25, 0.3) is 5.91 Å². The van der Waals surface area contributed by atoms with Gasteiger partial charge in [0.2, 0.25) is 6.29 Å². The second kappa shape index (κ2) is 15.9. The highest BCUT2D eigenvalue weighted by molar-refractivity contribution is 5.88. The number of aryl methyl sites for hydroxylation is 1. The number of carbonyl (C=O) groups is 4. The van der Waals surface area contributed by atoms with Crippen LogP contribution in [0, 0.1) is 0 Å². The average molecular weight is 588 g/mol. The number of hydrazine groups is 1. The number of benzene rings is 1. The number of nitrogens with zero attached hydrogens (tertiary/aromatic N) is 2. The number of rotatable bonds is 11. The molecule has 3 aliphatic rings. The summed E-state index contributed by atoms with van der Waals surface area (Å²) >= 11 is 0. The van der Waals surface area contributed by atoms with Gasteiger partial charge in [-0.1, -0.05) is 36.8 Å². The van der Waals surface area contributed by atoms with Crippen molar-refractivity contribution in [2.75, 3.05) is 19.7 Å². The van der Waals surface area contributed by atoms with Gasteiger partial charge in [-0.25, -0.2) is 14.6 Å². The van der Waals surface area contributed by atoms with Crippen molar-refractivity contribution >= 4 is 24.0 Å². The van der Waals surface area contributed by atoms with E-state index in [4.69, 9.17) is 18.9 Å². The van der Waals surface area contributed by atoms with E-state index in [9.17, 15) is 19.2 Å². The summed E-state index contributed by atoms with van der Waals surface area (Å²) in [6.07, 6.45) is 6.02. The fraction of sp³-hybridized carbons (Fsp3) is 0.677. The minimum atomic E-state index is -1.16. The highest BCUT2D eigenvalue weighted by Gasteiger charge is 2.43. The molecule has 0 radical (unpaired) electrons. The summed E-state index contributed by atoms with van der Waals surface area (Å²) < 4.78 is 21.4. The zero-order valence-electron chi connectivity index (χ0n) is 24.8. The number of carbonyl (C=O) groups excluding carboxylic acids is 4. The Morgan fingerprint density at radius 3 is 2.38 bits per heavy atom. The van der Waals surface area contributed by atoms with E-state index in [-0.39, 0.29) is 18.6 Å². The maximum atomic E-state index is 13.9. The maximum absolute atomic E-state index is 13.9. The molecule has 232 valence electrons. The number of ether oxygens (including phenoxy) is 4. The second-order valence-corrected chi connectivity index (χ2v) is 11.2. The van der Waals surface area contributed by atoms with Crippen molar-refractivity contribution < 1.29 is 38.1 Å². The van der Waals surface area contributed by atoms with E-state index in [0.717, 1.165) is 37.7 Å². The zero-order valence-corrected chi connectivity index (χ0v) is 24.8. The molecule has 2 aliphatic heterocycles. The minimum Gasteiger partial charge on any atom is -0.465 e. The zero-order chi connectivity index (χ0) is 29.9. The monoisotopic (exact) mass is 587 g/mol. The molecule has 2 heterocycles. The number of esters is 2. The van der Waals surface area contributed by atoms with Gasteiger partial charge in [-0.2, -0.15) is 0 Å². The molecule has 0 bridgehead atoms. The Labute approximate surface area is 248 Å². The van der Waals surface area contributed by atoms with Crippen LogP contribution in [0.5, 0.6) is 0 Å². The smallest absolute Gasteiger partial charge is 0.465 e. The van der Waals surface area contributed by atoms with Crippen LogP contribution < -0.4 is 5.32 Å². The summed E-state index contributed by atoms with van der Waals surface area (Å²) in [5, 5.41) is 6.65. The Balaban J connectivity index is 1.38. The molecular formula is C31H45N3O8. The van der Waals surface area contributed by atoms with Crippen LogP contribution in [-0.4, -0.2) is 84.2 Å². The van der Waals surface area contributed by atoms with Gasteiger partial charge >= 0.3 is 18.1 Å². The first-order valence-corrected chi connectivity index (χ1v) is 15.5. The number of hydrogen-bond donors (Lipinski definition) is 1. The standard InChI is InChI=1S/C31H45N3O8/c1-3-39-29(36)26(19-18-23-12-6-4-7-13-23)32-25-16-10-20-33-21-11-17-27(34(33)28(25)35)30(37)40-22(2)41-31(38)42-24-14-8-5-9-15-24/h4,6-7,12-13,22,24-27,32H,3,5,8-11,14-21H2,1-2H3/t22-,25-,26-,27?/m0/s1. The van der Waals surface area contributed by atoms with E-state index in [2.05, 4.69) is 5.32 Å². The van der Waals surface area contributed by atoms with Gasteiger partial charge in [0.1, 0.15) is 18.2 Å². The van der Waals surface area contributed by atoms with E-state index < -0.39 is 42.5 Å². The van der Waals surface area contributed by atoms with Crippen LogP contribution in [0.1, 0.15) is 83.6 Å². The summed E-state index contributed by atoms with van der Waals surface area (Å²) in [4.78, 5) is 52.3. The van der Waals surface area contributed by atoms with Gasteiger partial charge in [0.05, 0.1) is 12.6 Å². The van der Waals surface area contributed by atoms with Crippen LogP contribution in [0.4, 0.5) is 4.79 Å². The summed E-state index contributed by atoms with van der Waals surface area (Å²) in [6.45, 7) is 4.69. The number of nitrogens with one attached hydrogen (secondary N) is 1. The normalized spacial score (nSPS) is 23.2. The molecular weight excluding hydrogens is 542 g/mol. The third-order valence-electron chi connectivity index (χ3n) is 8.10. The van der Waals surface area contributed by atoms with Crippen LogP contribution >= 0.6 is 0 Å². The number of hydrogen-bond acceptors (Lipinski definition) is 10. The highest BCUT2D eigenvalue weighted by Crippen LogP contribution is 2.26. The average Bonchev–Trinajstić information content (AvgIpc) is 3.14. The van der Waals surface area contributed by atoms with Crippen molar-refractivity contribution in [2.24, 2.45) is 0 Å². The Hall–Kier alpha value is -3.18. The number of fused-ring (bicyclic) bond motifs is 1. The molecule has 1 amide bonds. The molecule has 11 heteroatoms. The quantitative estimate of drug-likeness (QED) is 0.232. The molecule has 0 aromatic heterocycles. The van der Waals surface area contributed by atoms with Crippen molar-refractivity contribution in [1.29, 1.82) is 0 Å². The molecule has 1 aliphatic carbocycles. The van der Waals surface area contributed by atoms with Crippen molar-refractivity contribution in [3.63, 3.8) is 0 Å². The molecule has 2 saturated heterocycles. The maximum Gasteiger partial charge on any atom is 0.511 e. The number of amides is 1. The largest absolute Gasteiger partial charge is 0.511 e. The molecule has 1 aromatic carbocycles. The Morgan fingerprint density at radius 2 is 1.67 bits per heavy atom. The van der Waals surface area contributed by atoms with E-state index in [0.29, 0.717) is 51.6 Å². The van der Waals surface area contributed by atoms with Crippen molar-refractivity contribution in [1.82, 2.24) is 15.3 Å². The summed E-state index contributed by atoms with van der Waals surface area (Å²) in [7, 11) is 0. The van der Waals surface area contributed by atoms with E-state index in [1.54, 1.807) is 6.92 Å². The van der Waals surface area contributed by atoms with E-state index in [1.807, 2.05) is 35.3 Å². The molecule has 4 atom stereocenters. The van der Waals surface area contributed by atoms with Gasteiger partial charge in [0.15, 0.2) is 0 Å². The van der Waals surface area contributed by atoms with Gasteiger partial charge < -0.3 is 18.9 Å². The lowest BCUT2D eigenvalue weighted by Crippen LogP contribution is -2.62. The molecule has 1 unspecified atom stereocenters. The lowest BCUT2D eigenvalue weighted by molar-refractivity contribution is -0.192. The molecule has 0 spiro atoms. The van der Waals surface area contributed by atoms with Crippen molar-refractivity contribution in [2.45, 2.75) is 115 Å². The van der Waals surface area contributed by atoms with Gasteiger partial charge in [-0.05, 0) is 76.7 Å². The van der Waals surface area contributed by atoms with Crippen molar-refractivity contribution in [3.05, 3.63) is 35.9 Å². The molecule has 1 aromatic rings. The molecule has 1 saturated carbocycles. The molecule has 3 fully saturated rings. The third kappa shape index (κ3) is 8.91. The SMILES string of the molecule is CCOC(=O)[C@H](CCc1ccccc1)N[C@H]1CCCN2CCCC(C(=O)O[C@H](C)OC(=O)OC3CCCCC3)N2C1=O. The molecule has 11 nitrogen and oxygen atoms in total.